The topological polar surface area (TPSA) is 122 Å². The Morgan fingerprint density at radius 2 is 0.683 bits per heavy atom. The smallest absolute Gasteiger partial charge is 0.231 e. The lowest BCUT2D eigenvalue weighted by molar-refractivity contribution is -0.118. The fourth-order valence-corrected chi connectivity index (χ4v) is 11.1. The van der Waals surface area contributed by atoms with E-state index in [-0.39, 0.29) is 89.6 Å². The molecule has 3 aliphatic rings. The molecule has 10 rings (SSSR count). The molecule has 0 aliphatic carbocycles. The van der Waals surface area contributed by atoms with Crippen LogP contribution in [0.25, 0.3) is 32.3 Å². The van der Waals surface area contributed by atoms with Crippen LogP contribution in [0.4, 0.5) is 17.1 Å². The number of hydrogen-bond donors (Lipinski definition) is 3. The Labute approximate surface area is 378 Å². The minimum Gasteiger partial charge on any atom is -0.507 e. The number of hydrogen-bond acceptors (Lipinski definition) is 6. The highest BCUT2D eigenvalue weighted by Crippen LogP contribution is 2.48. The molecule has 0 saturated heterocycles. The Balaban J connectivity index is 0.998. The molecule has 0 bridgehead atoms. The van der Waals surface area contributed by atoms with Crippen LogP contribution < -0.4 is 14.7 Å². The summed E-state index contributed by atoms with van der Waals surface area (Å²) >= 11 is 19.5. The summed E-state index contributed by atoms with van der Waals surface area (Å²) in [4.78, 5) is 48.3. The molecule has 0 radical (unpaired) electrons. The van der Waals surface area contributed by atoms with E-state index >= 15 is 0 Å². The molecule has 12 heteroatoms. The van der Waals surface area contributed by atoms with Gasteiger partial charge < -0.3 is 30.0 Å². The molecule has 0 unspecified atom stereocenters. The van der Waals surface area contributed by atoms with E-state index in [0.717, 1.165) is 32.8 Å². The van der Waals surface area contributed by atoms with Gasteiger partial charge >= 0.3 is 0 Å². The van der Waals surface area contributed by atoms with Crippen molar-refractivity contribution in [3.05, 3.63) is 143 Å². The fourth-order valence-electron chi connectivity index (χ4n) is 10.3. The maximum absolute atomic E-state index is 14.4. The molecule has 3 atom stereocenters. The molecule has 3 heterocycles. The molecule has 7 aromatic carbocycles. The van der Waals surface area contributed by atoms with Crippen LogP contribution in [0.3, 0.4) is 0 Å². The van der Waals surface area contributed by atoms with Crippen molar-refractivity contribution in [1.82, 2.24) is 0 Å². The number of phenolic OH excluding ortho intramolecular Hbond substituents is 3. The van der Waals surface area contributed by atoms with Gasteiger partial charge in [-0.1, -0.05) is 91.0 Å². The summed E-state index contributed by atoms with van der Waals surface area (Å²) in [5, 5.41) is 37.7. The summed E-state index contributed by atoms with van der Waals surface area (Å²) in [6.45, 7) is 1.01. The van der Waals surface area contributed by atoms with Crippen LogP contribution in [0.1, 0.15) is 51.1 Å². The SMILES string of the molecule is O=C(Cc1cc(CC(=O)N2C[C@@H](CCl)c3c2cc(O)c2ccccc32)cc(CC(=O)N2C[C@@H](CCl)c3c2cc(O)c2ccccc32)c1)N1C[C@@H](CCl)c2c1cc(O)c1ccccc21. The highest BCUT2D eigenvalue weighted by Gasteiger charge is 2.37. The van der Waals surface area contributed by atoms with E-state index in [4.69, 9.17) is 34.8 Å². The van der Waals surface area contributed by atoms with E-state index < -0.39 is 0 Å². The van der Waals surface area contributed by atoms with Crippen molar-refractivity contribution in [2.75, 3.05) is 52.0 Å². The molecule has 0 saturated carbocycles. The van der Waals surface area contributed by atoms with Crippen molar-refractivity contribution in [3.8, 4) is 17.2 Å². The Bertz CT molecular complexity index is 2710. The molecule has 0 fully saturated rings. The fraction of sp³-hybridized carbons (Fsp3) is 0.235. The van der Waals surface area contributed by atoms with Crippen LogP contribution in [0.15, 0.2) is 109 Å². The zero-order chi connectivity index (χ0) is 43.7. The number of aromatic hydroxyl groups is 3. The molecule has 7 aromatic rings. The summed E-state index contributed by atoms with van der Waals surface area (Å²) in [6.07, 6.45) is -0.147. The lowest BCUT2D eigenvalue weighted by Crippen LogP contribution is -2.33. The number of anilines is 3. The Hall–Kier alpha value is -6.00. The minimum absolute atomic E-state index is 0.0489. The number of fused-ring (bicyclic) bond motifs is 9. The number of alkyl halides is 3. The van der Waals surface area contributed by atoms with Crippen molar-refractivity contribution in [2.24, 2.45) is 0 Å². The van der Waals surface area contributed by atoms with Crippen LogP contribution in [0.5, 0.6) is 17.2 Å². The Morgan fingerprint density at radius 1 is 0.429 bits per heavy atom. The van der Waals surface area contributed by atoms with Gasteiger partial charge in [0, 0.05) is 89.4 Å². The van der Waals surface area contributed by atoms with Gasteiger partial charge in [-0.2, -0.15) is 0 Å². The predicted octanol–water partition coefficient (Wildman–Crippen LogP) is 10.00. The van der Waals surface area contributed by atoms with Crippen LogP contribution in [0.2, 0.25) is 0 Å². The van der Waals surface area contributed by atoms with E-state index in [1.807, 2.05) is 91.0 Å². The van der Waals surface area contributed by atoms with Gasteiger partial charge in [-0.25, -0.2) is 0 Å². The Kier molecular flexibility index (Phi) is 10.6. The van der Waals surface area contributed by atoms with E-state index in [1.165, 1.54) is 0 Å². The molecule has 3 aliphatic heterocycles. The third kappa shape index (κ3) is 6.98. The number of carbonyl (C=O) groups is 3. The first-order chi connectivity index (χ1) is 30.6. The molecule has 3 amide bonds. The van der Waals surface area contributed by atoms with Crippen LogP contribution in [-0.4, -0.2) is 70.3 Å². The second-order valence-electron chi connectivity index (χ2n) is 16.9. The highest BCUT2D eigenvalue weighted by molar-refractivity contribution is 6.20. The van der Waals surface area contributed by atoms with Gasteiger partial charge in [0.1, 0.15) is 17.2 Å². The Morgan fingerprint density at radius 3 is 0.937 bits per heavy atom. The molecule has 0 aromatic heterocycles. The van der Waals surface area contributed by atoms with Crippen LogP contribution >= 0.6 is 34.8 Å². The summed E-state index contributed by atoms with van der Waals surface area (Å²) < 4.78 is 0. The number of rotatable bonds is 9. The third-order valence-electron chi connectivity index (χ3n) is 13.1. The quantitative estimate of drug-likeness (QED) is 0.124. The average molecular weight is 899 g/mol. The number of amides is 3. The summed E-state index contributed by atoms with van der Waals surface area (Å²) in [6, 6.07) is 33.0. The van der Waals surface area contributed by atoms with E-state index in [2.05, 4.69) is 0 Å². The van der Waals surface area contributed by atoms with E-state index in [1.54, 1.807) is 32.9 Å². The zero-order valence-corrected chi connectivity index (χ0v) is 36.3. The van der Waals surface area contributed by atoms with Gasteiger partial charge in [-0.05, 0) is 49.5 Å². The normalized spacial score (nSPS) is 17.8. The number of benzene rings is 7. The number of nitrogens with zero attached hydrogens (tertiary/aromatic N) is 3. The van der Waals surface area contributed by atoms with Crippen molar-refractivity contribution in [1.29, 1.82) is 0 Å². The molecular weight excluding hydrogens is 857 g/mol. The largest absolute Gasteiger partial charge is 0.507 e. The molecule has 63 heavy (non-hydrogen) atoms. The lowest BCUT2D eigenvalue weighted by Gasteiger charge is -2.21. The first-order valence-corrected chi connectivity index (χ1v) is 22.6. The lowest BCUT2D eigenvalue weighted by atomic mass is 9.95. The summed E-state index contributed by atoms with van der Waals surface area (Å²) in [5.74, 6) is -0.0585. The predicted molar refractivity (Wildman–Crippen MR) is 252 cm³/mol. The maximum Gasteiger partial charge on any atom is 0.231 e. The molecule has 318 valence electrons. The average Bonchev–Trinajstić information content (AvgIpc) is 3.98. The van der Waals surface area contributed by atoms with Crippen molar-refractivity contribution in [3.63, 3.8) is 0 Å². The van der Waals surface area contributed by atoms with Gasteiger partial charge in [0.25, 0.3) is 0 Å². The summed E-state index contributed by atoms with van der Waals surface area (Å²) in [7, 11) is 0. The first kappa shape index (κ1) is 41.0. The second-order valence-corrected chi connectivity index (χ2v) is 17.8. The number of halogens is 3. The van der Waals surface area contributed by atoms with Crippen LogP contribution in [-0.2, 0) is 33.6 Å². The molecule has 3 N–H and O–H groups in total. The molecular formula is C51H42Cl3N3O6. The van der Waals surface area contributed by atoms with Gasteiger partial charge in [0.15, 0.2) is 0 Å². The third-order valence-corrected chi connectivity index (χ3v) is 14.2. The molecule has 9 nitrogen and oxygen atoms in total. The minimum atomic E-state index is -0.221. The molecule has 0 spiro atoms. The van der Waals surface area contributed by atoms with Gasteiger partial charge in [-0.15, -0.1) is 34.8 Å². The maximum atomic E-state index is 14.4. The summed E-state index contributed by atoms with van der Waals surface area (Å²) in [5.41, 5.74) is 6.41. The van der Waals surface area contributed by atoms with Gasteiger partial charge in [0.05, 0.1) is 36.3 Å². The zero-order valence-electron chi connectivity index (χ0n) is 34.0. The number of carbonyl (C=O) groups excluding carboxylic acids is 3. The highest BCUT2D eigenvalue weighted by atomic mass is 35.5. The van der Waals surface area contributed by atoms with E-state index in [9.17, 15) is 29.7 Å². The van der Waals surface area contributed by atoms with Gasteiger partial charge in [-0.3, -0.25) is 14.4 Å². The first-order valence-electron chi connectivity index (χ1n) is 21.0. The van der Waals surface area contributed by atoms with E-state index in [0.29, 0.717) is 69.5 Å². The standard InChI is InChI=1S/C51H42Cl3N3O6/c52-22-31-25-55(40-19-43(58)34-7-1-4-10-37(34)49(31)40)46(61)16-28-13-29(17-47(62)56-26-32(23-53)50-38-11-5-2-8-35(38)44(59)20-41(50)56)15-30(14-28)18-48(63)57-27-33(24-54)51-39-12-6-3-9-36(39)45(60)21-42(51)57/h1-15,19-21,31-33,58-60H,16-18,22-27H2/t31-,32-,33-/m1/s1. The van der Waals surface area contributed by atoms with Gasteiger partial charge in [0.2, 0.25) is 17.7 Å². The second kappa shape index (κ2) is 16.3. The van der Waals surface area contributed by atoms with Crippen molar-refractivity contribution < 1.29 is 29.7 Å². The number of phenols is 3. The van der Waals surface area contributed by atoms with Crippen LogP contribution in [0, 0.1) is 0 Å². The monoisotopic (exact) mass is 897 g/mol. The van der Waals surface area contributed by atoms with Crippen molar-refractivity contribution >= 4 is 102 Å². The van der Waals surface area contributed by atoms with Crippen molar-refractivity contribution in [2.45, 2.75) is 37.0 Å².